The molecule has 0 unspecified atom stereocenters. The van der Waals surface area contributed by atoms with Gasteiger partial charge in [0.15, 0.2) is 0 Å². The van der Waals surface area contributed by atoms with Crippen LogP contribution in [0.1, 0.15) is 30.6 Å². The molecule has 0 saturated heterocycles. The van der Waals surface area contributed by atoms with Crippen LogP contribution < -0.4 is 10.1 Å². The van der Waals surface area contributed by atoms with Gasteiger partial charge in [-0.3, -0.25) is 4.79 Å². The number of rotatable bonds is 5. The first-order valence-electron chi connectivity index (χ1n) is 5.38. The van der Waals surface area contributed by atoms with Crippen molar-refractivity contribution in [2.75, 3.05) is 0 Å². The lowest BCUT2D eigenvalue weighted by molar-refractivity contribution is -0.0498. The molecule has 1 aromatic rings. The van der Waals surface area contributed by atoms with Crippen molar-refractivity contribution < 1.29 is 18.3 Å². The van der Waals surface area contributed by atoms with E-state index >= 15 is 0 Å². The fraction of sp³-hybridized carbons (Fsp3) is 0.417. The Kier molecular flexibility index (Phi) is 4.87. The summed E-state index contributed by atoms with van der Waals surface area (Å²) in [7, 11) is 0. The first-order chi connectivity index (χ1) is 8.02. The number of carbonyl (C=O) groups is 1. The fourth-order valence-corrected chi connectivity index (χ4v) is 1.20. The molecule has 0 aliphatic rings. The van der Waals surface area contributed by atoms with E-state index in [1.807, 2.05) is 13.8 Å². The zero-order valence-electron chi connectivity index (χ0n) is 9.74. The van der Waals surface area contributed by atoms with E-state index < -0.39 is 6.61 Å². The number of alkyl halides is 2. The van der Waals surface area contributed by atoms with Gasteiger partial charge < -0.3 is 10.1 Å². The molecule has 17 heavy (non-hydrogen) atoms. The number of carbonyl (C=O) groups excluding carboxylic acids is 1. The van der Waals surface area contributed by atoms with Crippen LogP contribution in [0.5, 0.6) is 5.75 Å². The van der Waals surface area contributed by atoms with Gasteiger partial charge in [-0.1, -0.05) is 6.92 Å². The largest absolute Gasteiger partial charge is 0.435 e. The third-order valence-corrected chi connectivity index (χ3v) is 2.33. The summed E-state index contributed by atoms with van der Waals surface area (Å²) in [5.41, 5.74) is 0.423. The number of benzene rings is 1. The molecule has 0 aliphatic heterocycles. The molecular weight excluding hydrogens is 228 g/mol. The number of ether oxygens (including phenoxy) is 1. The van der Waals surface area contributed by atoms with Crippen LogP contribution in [0.4, 0.5) is 8.78 Å². The van der Waals surface area contributed by atoms with E-state index in [9.17, 15) is 13.6 Å². The second-order valence-corrected chi connectivity index (χ2v) is 3.69. The Hall–Kier alpha value is -1.65. The summed E-state index contributed by atoms with van der Waals surface area (Å²) in [6.45, 7) is 1.01. The van der Waals surface area contributed by atoms with Gasteiger partial charge in [0.25, 0.3) is 5.91 Å². The van der Waals surface area contributed by atoms with Crippen LogP contribution in [0.3, 0.4) is 0 Å². The fourth-order valence-electron chi connectivity index (χ4n) is 1.20. The van der Waals surface area contributed by atoms with Gasteiger partial charge in [-0.2, -0.15) is 8.78 Å². The van der Waals surface area contributed by atoms with Crippen LogP contribution in [-0.2, 0) is 0 Å². The van der Waals surface area contributed by atoms with Crippen LogP contribution in [0, 0.1) is 0 Å². The average molecular weight is 243 g/mol. The Bertz CT molecular complexity index is 365. The molecule has 1 atom stereocenters. The summed E-state index contributed by atoms with van der Waals surface area (Å²) in [6, 6.07) is 5.68. The molecule has 0 bridgehead atoms. The average Bonchev–Trinajstić information content (AvgIpc) is 2.28. The van der Waals surface area contributed by atoms with Crippen molar-refractivity contribution in [2.45, 2.75) is 32.9 Å². The predicted molar refractivity (Wildman–Crippen MR) is 60.3 cm³/mol. The summed E-state index contributed by atoms with van der Waals surface area (Å²) in [4.78, 5) is 11.6. The minimum Gasteiger partial charge on any atom is -0.435 e. The first-order valence-corrected chi connectivity index (χ1v) is 5.38. The lowest BCUT2D eigenvalue weighted by atomic mass is 10.2. The summed E-state index contributed by atoms with van der Waals surface area (Å²) < 4.78 is 28.0. The maximum atomic E-state index is 11.9. The van der Waals surface area contributed by atoms with Crippen LogP contribution in [0.2, 0.25) is 0 Å². The van der Waals surface area contributed by atoms with Gasteiger partial charge in [-0.05, 0) is 37.6 Å². The van der Waals surface area contributed by atoms with Crippen LogP contribution in [0.15, 0.2) is 24.3 Å². The van der Waals surface area contributed by atoms with Gasteiger partial charge in [0.05, 0.1) is 0 Å². The Morgan fingerprint density at radius 2 is 1.94 bits per heavy atom. The highest BCUT2D eigenvalue weighted by Crippen LogP contribution is 2.14. The second kappa shape index (κ2) is 6.18. The van der Waals surface area contributed by atoms with Crippen molar-refractivity contribution in [1.29, 1.82) is 0 Å². The molecule has 1 N–H and O–H groups in total. The summed E-state index contributed by atoms with van der Waals surface area (Å²) in [6.07, 6.45) is 0.832. The van der Waals surface area contributed by atoms with E-state index in [4.69, 9.17) is 0 Å². The van der Waals surface area contributed by atoms with E-state index in [2.05, 4.69) is 10.1 Å². The summed E-state index contributed by atoms with van der Waals surface area (Å²) >= 11 is 0. The molecule has 1 amide bonds. The number of hydrogen-bond donors (Lipinski definition) is 1. The van der Waals surface area contributed by atoms with Gasteiger partial charge in [0, 0.05) is 11.6 Å². The SMILES string of the molecule is CC[C@H](C)NC(=O)c1ccc(OC(F)F)cc1. The van der Waals surface area contributed by atoms with Crippen LogP contribution >= 0.6 is 0 Å². The molecule has 0 fully saturated rings. The van der Waals surface area contributed by atoms with Crippen molar-refractivity contribution >= 4 is 5.91 Å². The third-order valence-electron chi connectivity index (χ3n) is 2.33. The van der Waals surface area contributed by atoms with E-state index in [0.717, 1.165) is 6.42 Å². The molecule has 0 heterocycles. The van der Waals surface area contributed by atoms with Crippen molar-refractivity contribution in [3.63, 3.8) is 0 Å². The molecule has 3 nitrogen and oxygen atoms in total. The number of halogens is 2. The standard InChI is InChI=1S/C12H15F2NO2/c1-3-8(2)15-11(16)9-4-6-10(7-5-9)17-12(13)14/h4-8,12H,3H2,1-2H3,(H,15,16)/t8-/m0/s1. The van der Waals surface area contributed by atoms with Gasteiger partial charge in [0.1, 0.15) is 5.75 Å². The quantitative estimate of drug-likeness (QED) is 0.863. The molecule has 1 rings (SSSR count). The van der Waals surface area contributed by atoms with E-state index in [-0.39, 0.29) is 17.7 Å². The Labute approximate surface area is 98.8 Å². The molecular formula is C12H15F2NO2. The zero-order chi connectivity index (χ0) is 12.8. The lowest BCUT2D eigenvalue weighted by Gasteiger charge is -2.11. The monoisotopic (exact) mass is 243 g/mol. The molecule has 1 aromatic carbocycles. The summed E-state index contributed by atoms with van der Waals surface area (Å²) in [5.74, 6) is -0.178. The highest BCUT2D eigenvalue weighted by atomic mass is 19.3. The smallest absolute Gasteiger partial charge is 0.387 e. The third kappa shape index (κ3) is 4.38. The number of nitrogens with one attached hydrogen (secondary N) is 1. The molecule has 0 aromatic heterocycles. The Balaban J connectivity index is 2.64. The normalized spacial score (nSPS) is 12.3. The van der Waals surface area contributed by atoms with Crippen molar-refractivity contribution in [3.05, 3.63) is 29.8 Å². The van der Waals surface area contributed by atoms with Crippen molar-refractivity contribution in [3.8, 4) is 5.75 Å². The lowest BCUT2D eigenvalue weighted by Crippen LogP contribution is -2.31. The van der Waals surface area contributed by atoms with Crippen molar-refractivity contribution in [1.82, 2.24) is 5.32 Å². The predicted octanol–water partition coefficient (Wildman–Crippen LogP) is 2.82. The molecule has 0 aliphatic carbocycles. The molecule has 0 saturated carbocycles. The maximum Gasteiger partial charge on any atom is 0.387 e. The van der Waals surface area contributed by atoms with E-state index in [0.29, 0.717) is 5.56 Å². The summed E-state index contributed by atoms with van der Waals surface area (Å²) in [5, 5.41) is 2.78. The highest BCUT2D eigenvalue weighted by Gasteiger charge is 2.09. The maximum absolute atomic E-state index is 11.9. The Morgan fingerprint density at radius 3 is 2.41 bits per heavy atom. The Morgan fingerprint density at radius 1 is 1.35 bits per heavy atom. The van der Waals surface area contributed by atoms with Crippen molar-refractivity contribution in [2.24, 2.45) is 0 Å². The number of hydrogen-bond acceptors (Lipinski definition) is 2. The number of amides is 1. The highest BCUT2D eigenvalue weighted by molar-refractivity contribution is 5.94. The van der Waals surface area contributed by atoms with E-state index in [1.165, 1.54) is 24.3 Å². The molecule has 94 valence electrons. The van der Waals surface area contributed by atoms with Gasteiger partial charge in [0.2, 0.25) is 0 Å². The van der Waals surface area contributed by atoms with Gasteiger partial charge in [-0.25, -0.2) is 0 Å². The molecule has 5 heteroatoms. The first kappa shape index (κ1) is 13.4. The molecule has 0 spiro atoms. The minimum atomic E-state index is -2.85. The minimum absolute atomic E-state index is 0.0417. The van der Waals surface area contributed by atoms with Crippen LogP contribution in [-0.4, -0.2) is 18.6 Å². The molecule has 0 radical (unpaired) electrons. The second-order valence-electron chi connectivity index (χ2n) is 3.69. The topological polar surface area (TPSA) is 38.3 Å². The van der Waals surface area contributed by atoms with Crippen LogP contribution in [0.25, 0.3) is 0 Å². The zero-order valence-corrected chi connectivity index (χ0v) is 9.74. The van der Waals surface area contributed by atoms with Gasteiger partial charge in [-0.15, -0.1) is 0 Å². The van der Waals surface area contributed by atoms with E-state index in [1.54, 1.807) is 0 Å². The van der Waals surface area contributed by atoms with Gasteiger partial charge >= 0.3 is 6.61 Å².